The van der Waals surface area contributed by atoms with Crippen molar-refractivity contribution in [3.63, 3.8) is 0 Å². The molecule has 0 aromatic heterocycles. The van der Waals surface area contributed by atoms with Crippen molar-refractivity contribution in [3.05, 3.63) is 29.8 Å². The average Bonchev–Trinajstić information content (AvgIpc) is 2.73. The third-order valence-corrected chi connectivity index (χ3v) is 5.18. The summed E-state index contributed by atoms with van der Waals surface area (Å²) < 4.78 is 16.3. The molecule has 0 aliphatic carbocycles. The van der Waals surface area contributed by atoms with Crippen molar-refractivity contribution in [2.24, 2.45) is 0 Å². The van der Waals surface area contributed by atoms with Crippen molar-refractivity contribution >= 4 is 0 Å². The maximum Gasteiger partial charge on any atom is 0.229 e. The van der Waals surface area contributed by atoms with Crippen molar-refractivity contribution in [3.8, 4) is 5.75 Å². The molecule has 10 unspecified atom stereocenters. The van der Waals surface area contributed by atoms with Crippen LogP contribution in [0.15, 0.2) is 24.3 Å². The molecule has 2 heterocycles. The molecule has 0 radical (unpaired) electrons. The van der Waals surface area contributed by atoms with Gasteiger partial charge in [-0.05, 0) is 17.7 Å². The zero-order valence-electron chi connectivity index (χ0n) is 15.3. The van der Waals surface area contributed by atoms with E-state index in [9.17, 15) is 40.9 Å². The Labute approximate surface area is 165 Å². The Morgan fingerprint density at radius 1 is 0.724 bits per heavy atom. The van der Waals surface area contributed by atoms with Crippen LogP contribution in [-0.2, 0) is 9.47 Å². The average molecular weight is 418 g/mol. The fourth-order valence-electron chi connectivity index (χ4n) is 3.44. The summed E-state index contributed by atoms with van der Waals surface area (Å²) in [5, 5.41) is 78.4. The summed E-state index contributed by atoms with van der Waals surface area (Å²) in [6.45, 7) is -1.17. The second kappa shape index (κ2) is 9.18. The van der Waals surface area contributed by atoms with Crippen LogP contribution in [0, 0.1) is 0 Å². The Bertz CT molecular complexity index is 669. The Balaban J connectivity index is 1.77. The van der Waals surface area contributed by atoms with Gasteiger partial charge < -0.3 is 55.1 Å². The second-order valence-electron chi connectivity index (χ2n) is 7.14. The summed E-state index contributed by atoms with van der Waals surface area (Å²) in [5.41, 5.74) is 0.351. The topological polar surface area (TPSA) is 190 Å². The van der Waals surface area contributed by atoms with Gasteiger partial charge in [0.1, 0.15) is 60.7 Å². The zero-order valence-corrected chi connectivity index (χ0v) is 15.3. The van der Waals surface area contributed by atoms with Crippen LogP contribution < -0.4 is 4.74 Å². The lowest BCUT2D eigenvalue weighted by Crippen LogP contribution is -2.60. The van der Waals surface area contributed by atoms with Crippen LogP contribution in [0.2, 0.25) is 0 Å². The molecule has 1 aromatic rings. The first-order valence-electron chi connectivity index (χ1n) is 9.16. The monoisotopic (exact) mass is 418 g/mol. The quantitative estimate of drug-likeness (QED) is 0.236. The highest BCUT2D eigenvalue weighted by atomic mass is 16.7. The SMILES string of the molecule is OCC1OC(Oc2cccc(C3OC(CO)C(O)C(O)C3O)c2)C(O)C(O)C1O. The summed E-state index contributed by atoms with van der Waals surface area (Å²) in [4.78, 5) is 0. The lowest BCUT2D eigenvalue weighted by molar-refractivity contribution is -0.277. The van der Waals surface area contributed by atoms with Crippen LogP contribution in [0.25, 0.3) is 0 Å². The summed E-state index contributed by atoms with van der Waals surface area (Å²) in [7, 11) is 0. The summed E-state index contributed by atoms with van der Waals surface area (Å²) in [5.74, 6) is 0.142. The maximum atomic E-state index is 10.2. The van der Waals surface area contributed by atoms with Crippen molar-refractivity contribution in [2.45, 2.75) is 61.2 Å². The Morgan fingerprint density at radius 3 is 1.93 bits per heavy atom. The molecule has 10 atom stereocenters. The molecule has 11 heteroatoms. The van der Waals surface area contributed by atoms with Gasteiger partial charge in [0.2, 0.25) is 6.29 Å². The van der Waals surface area contributed by atoms with Gasteiger partial charge in [-0.3, -0.25) is 0 Å². The molecule has 1 aromatic carbocycles. The first kappa shape index (κ1) is 22.3. The van der Waals surface area contributed by atoms with E-state index in [1.807, 2.05) is 0 Å². The van der Waals surface area contributed by atoms with E-state index in [0.29, 0.717) is 5.56 Å². The van der Waals surface area contributed by atoms with Crippen molar-refractivity contribution in [1.29, 1.82) is 0 Å². The summed E-state index contributed by atoms with van der Waals surface area (Å²) >= 11 is 0. The minimum Gasteiger partial charge on any atom is -0.462 e. The lowest BCUT2D eigenvalue weighted by atomic mass is 9.91. The molecule has 8 N–H and O–H groups in total. The van der Waals surface area contributed by atoms with Gasteiger partial charge in [0.05, 0.1) is 13.2 Å². The van der Waals surface area contributed by atoms with E-state index >= 15 is 0 Å². The first-order valence-corrected chi connectivity index (χ1v) is 9.16. The van der Waals surface area contributed by atoms with Gasteiger partial charge in [0.25, 0.3) is 0 Å². The van der Waals surface area contributed by atoms with Crippen LogP contribution >= 0.6 is 0 Å². The number of aliphatic hydroxyl groups excluding tert-OH is 8. The first-order chi connectivity index (χ1) is 13.8. The largest absolute Gasteiger partial charge is 0.462 e. The van der Waals surface area contributed by atoms with Crippen LogP contribution in [-0.4, -0.2) is 109 Å². The molecule has 2 saturated heterocycles. The van der Waals surface area contributed by atoms with E-state index in [1.165, 1.54) is 18.2 Å². The number of hydrogen-bond acceptors (Lipinski definition) is 11. The maximum absolute atomic E-state index is 10.2. The third-order valence-electron chi connectivity index (χ3n) is 5.18. The van der Waals surface area contributed by atoms with E-state index in [0.717, 1.165) is 0 Å². The summed E-state index contributed by atoms with van der Waals surface area (Å²) in [6.07, 6.45) is -13.9. The highest BCUT2D eigenvalue weighted by Gasteiger charge is 2.46. The van der Waals surface area contributed by atoms with E-state index in [2.05, 4.69) is 0 Å². The predicted molar refractivity (Wildman–Crippen MR) is 93.6 cm³/mol. The molecule has 2 aliphatic heterocycles. The molecule has 2 fully saturated rings. The number of ether oxygens (including phenoxy) is 3. The highest BCUT2D eigenvalue weighted by Crippen LogP contribution is 2.34. The third kappa shape index (κ3) is 4.39. The van der Waals surface area contributed by atoms with Crippen LogP contribution in [0.1, 0.15) is 11.7 Å². The van der Waals surface area contributed by atoms with E-state index in [4.69, 9.17) is 14.2 Å². The van der Waals surface area contributed by atoms with Crippen LogP contribution in [0.3, 0.4) is 0 Å². The predicted octanol–water partition coefficient (Wildman–Crippen LogP) is -3.62. The number of aliphatic hydroxyl groups is 8. The van der Waals surface area contributed by atoms with Crippen LogP contribution in [0.5, 0.6) is 5.75 Å². The van der Waals surface area contributed by atoms with Crippen molar-refractivity contribution < 1.29 is 55.1 Å². The standard InChI is InChI=1S/C18H26O11/c19-5-9-11(21)13(23)15(25)17(28-9)7-2-1-3-8(4-7)27-18-16(26)14(24)12(22)10(6-20)29-18/h1-4,9-26H,5-6H2. The molecule has 0 saturated carbocycles. The van der Waals surface area contributed by atoms with Gasteiger partial charge in [-0.2, -0.15) is 0 Å². The van der Waals surface area contributed by atoms with Gasteiger partial charge in [-0.15, -0.1) is 0 Å². The Kier molecular flexibility index (Phi) is 7.06. The molecule has 2 aliphatic rings. The van der Waals surface area contributed by atoms with Gasteiger partial charge in [0, 0.05) is 0 Å². The molecular weight excluding hydrogens is 392 g/mol. The van der Waals surface area contributed by atoms with Gasteiger partial charge in [-0.25, -0.2) is 0 Å². The minimum absolute atomic E-state index is 0.142. The van der Waals surface area contributed by atoms with E-state index in [1.54, 1.807) is 6.07 Å². The van der Waals surface area contributed by atoms with E-state index < -0.39 is 74.4 Å². The molecule has 164 valence electrons. The molecule has 3 rings (SSSR count). The molecule has 29 heavy (non-hydrogen) atoms. The Hall–Kier alpha value is -1.38. The van der Waals surface area contributed by atoms with Crippen molar-refractivity contribution in [2.75, 3.05) is 13.2 Å². The fourth-order valence-corrected chi connectivity index (χ4v) is 3.44. The number of rotatable bonds is 5. The van der Waals surface area contributed by atoms with Crippen LogP contribution in [0.4, 0.5) is 0 Å². The normalized spacial score (nSPS) is 43.2. The summed E-state index contributed by atoms with van der Waals surface area (Å²) in [6, 6.07) is 6.02. The fraction of sp³-hybridized carbons (Fsp3) is 0.667. The number of hydrogen-bond donors (Lipinski definition) is 8. The minimum atomic E-state index is -1.60. The van der Waals surface area contributed by atoms with E-state index in [-0.39, 0.29) is 5.75 Å². The zero-order chi connectivity index (χ0) is 21.3. The second-order valence-corrected chi connectivity index (χ2v) is 7.14. The highest BCUT2D eigenvalue weighted by molar-refractivity contribution is 5.31. The van der Waals surface area contributed by atoms with Gasteiger partial charge >= 0.3 is 0 Å². The van der Waals surface area contributed by atoms with Gasteiger partial charge in [-0.1, -0.05) is 12.1 Å². The smallest absolute Gasteiger partial charge is 0.229 e. The molecule has 0 amide bonds. The van der Waals surface area contributed by atoms with Gasteiger partial charge in [0.15, 0.2) is 0 Å². The molecule has 0 spiro atoms. The number of benzene rings is 1. The van der Waals surface area contributed by atoms with Crippen molar-refractivity contribution in [1.82, 2.24) is 0 Å². The lowest BCUT2D eigenvalue weighted by Gasteiger charge is -2.40. The Morgan fingerprint density at radius 2 is 1.31 bits per heavy atom. The molecular formula is C18H26O11. The molecule has 11 nitrogen and oxygen atoms in total. The molecule has 0 bridgehead atoms.